The van der Waals surface area contributed by atoms with Crippen LogP contribution >= 0.6 is 0 Å². The van der Waals surface area contributed by atoms with Gasteiger partial charge in [0.05, 0.1) is 7.11 Å². The van der Waals surface area contributed by atoms with E-state index < -0.39 is 0 Å². The van der Waals surface area contributed by atoms with Gasteiger partial charge in [-0.05, 0) is 61.0 Å². The van der Waals surface area contributed by atoms with Crippen LogP contribution in [-0.2, 0) is 0 Å². The van der Waals surface area contributed by atoms with Crippen molar-refractivity contribution in [2.45, 2.75) is 19.8 Å². The summed E-state index contributed by atoms with van der Waals surface area (Å²) >= 11 is 0. The molecule has 2 heterocycles. The first-order chi connectivity index (χ1) is 10.2. The largest absolute Gasteiger partial charge is 0.497 e. The summed E-state index contributed by atoms with van der Waals surface area (Å²) < 4.78 is 5.29. The second-order valence-electron chi connectivity index (χ2n) is 6.16. The standard InChI is InChI=1S/C17H23N3O/c1-17(6-9-18-10-7-17)12-20-16-15-4-3-14(21-2)11-13(15)5-8-19-16/h3-5,8,11,18H,6-7,9-10,12H2,1-2H3,(H,19,20). The van der Waals surface area contributed by atoms with E-state index in [4.69, 9.17) is 4.74 Å². The predicted octanol–water partition coefficient (Wildman–Crippen LogP) is 3.05. The fourth-order valence-electron chi connectivity index (χ4n) is 2.93. The Kier molecular flexibility index (Phi) is 3.97. The fraction of sp³-hybridized carbons (Fsp3) is 0.471. The number of methoxy groups -OCH3 is 1. The Hall–Kier alpha value is -1.81. The summed E-state index contributed by atoms with van der Waals surface area (Å²) in [5, 5.41) is 9.28. The van der Waals surface area contributed by atoms with Crippen LogP contribution in [0.4, 0.5) is 5.82 Å². The first-order valence-electron chi connectivity index (χ1n) is 7.58. The van der Waals surface area contributed by atoms with Gasteiger partial charge in [-0.3, -0.25) is 0 Å². The molecule has 4 heteroatoms. The van der Waals surface area contributed by atoms with E-state index >= 15 is 0 Å². The average Bonchev–Trinajstić information content (AvgIpc) is 2.53. The third-order valence-electron chi connectivity index (χ3n) is 4.46. The van der Waals surface area contributed by atoms with Crippen LogP contribution in [0.2, 0.25) is 0 Å². The molecule has 0 amide bonds. The minimum absolute atomic E-state index is 0.349. The van der Waals surface area contributed by atoms with Gasteiger partial charge in [-0.15, -0.1) is 0 Å². The highest BCUT2D eigenvalue weighted by atomic mass is 16.5. The molecular formula is C17H23N3O. The van der Waals surface area contributed by atoms with E-state index in [1.807, 2.05) is 18.3 Å². The number of hydrogen-bond donors (Lipinski definition) is 2. The molecule has 0 spiro atoms. The molecule has 4 nitrogen and oxygen atoms in total. The molecule has 0 aliphatic carbocycles. The summed E-state index contributed by atoms with van der Waals surface area (Å²) in [6.45, 7) is 5.54. The molecule has 1 aromatic carbocycles. The number of nitrogens with one attached hydrogen (secondary N) is 2. The fourth-order valence-corrected chi connectivity index (χ4v) is 2.93. The highest BCUT2D eigenvalue weighted by molar-refractivity contribution is 5.92. The molecule has 1 aromatic heterocycles. The van der Waals surface area contributed by atoms with Crippen molar-refractivity contribution in [3.8, 4) is 5.75 Å². The summed E-state index contributed by atoms with van der Waals surface area (Å²) in [6.07, 6.45) is 4.27. The Bertz CT molecular complexity index is 620. The highest BCUT2D eigenvalue weighted by Crippen LogP contribution is 2.30. The third kappa shape index (κ3) is 3.10. The normalized spacial score (nSPS) is 17.6. The lowest BCUT2D eigenvalue weighted by Crippen LogP contribution is -2.39. The number of benzene rings is 1. The molecule has 2 N–H and O–H groups in total. The topological polar surface area (TPSA) is 46.2 Å². The van der Waals surface area contributed by atoms with Crippen LogP contribution in [0.5, 0.6) is 5.75 Å². The van der Waals surface area contributed by atoms with E-state index in [1.165, 1.54) is 12.8 Å². The van der Waals surface area contributed by atoms with E-state index in [2.05, 4.69) is 34.7 Å². The van der Waals surface area contributed by atoms with E-state index in [-0.39, 0.29) is 0 Å². The Morgan fingerprint density at radius 1 is 1.29 bits per heavy atom. The van der Waals surface area contributed by atoms with Gasteiger partial charge in [-0.2, -0.15) is 0 Å². The van der Waals surface area contributed by atoms with Gasteiger partial charge in [0.15, 0.2) is 0 Å². The maximum absolute atomic E-state index is 5.29. The average molecular weight is 285 g/mol. The van der Waals surface area contributed by atoms with Gasteiger partial charge in [0.25, 0.3) is 0 Å². The lowest BCUT2D eigenvalue weighted by molar-refractivity contribution is 0.247. The van der Waals surface area contributed by atoms with Gasteiger partial charge in [0.1, 0.15) is 11.6 Å². The first-order valence-corrected chi connectivity index (χ1v) is 7.58. The van der Waals surface area contributed by atoms with Gasteiger partial charge in [-0.1, -0.05) is 6.92 Å². The summed E-state index contributed by atoms with van der Waals surface area (Å²) in [7, 11) is 1.69. The molecule has 1 aliphatic rings. The lowest BCUT2D eigenvalue weighted by Gasteiger charge is -2.34. The number of ether oxygens (including phenoxy) is 1. The van der Waals surface area contributed by atoms with Crippen molar-refractivity contribution >= 4 is 16.6 Å². The van der Waals surface area contributed by atoms with Crippen molar-refractivity contribution in [1.82, 2.24) is 10.3 Å². The van der Waals surface area contributed by atoms with Gasteiger partial charge < -0.3 is 15.4 Å². The molecule has 21 heavy (non-hydrogen) atoms. The van der Waals surface area contributed by atoms with E-state index in [9.17, 15) is 0 Å². The van der Waals surface area contributed by atoms with Crippen molar-refractivity contribution in [1.29, 1.82) is 0 Å². The quantitative estimate of drug-likeness (QED) is 0.906. The molecule has 3 rings (SSSR count). The van der Waals surface area contributed by atoms with Gasteiger partial charge in [0.2, 0.25) is 0 Å². The van der Waals surface area contributed by atoms with Crippen molar-refractivity contribution in [3.05, 3.63) is 30.5 Å². The second-order valence-corrected chi connectivity index (χ2v) is 6.16. The molecule has 1 aliphatic heterocycles. The lowest BCUT2D eigenvalue weighted by atomic mass is 9.81. The van der Waals surface area contributed by atoms with Crippen molar-refractivity contribution in [2.24, 2.45) is 5.41 Å². The maximum atomic E-state index is 5.29. The highest BCUT2D eigenvalue weighted by Gasteiger charge is 2.26. The molecule has 0 atom stereocenters. The maximum Gasteiger partial charge on any atom is 0.133 e. The van der Waals surface area contributed by atoms with Crippen molar-refractivity contribution < 1.29 is 4.74 Å². The molecule has 1 saturated heterocycles. The summed E-state index contributed by atoms with van der Waals surface area (Å²) in [6, 6.07) is 8.14. The van der Waals surface area contributed by atoms with Crippen molar-refractivity contribution in [2.75, 3.05) is 32.1 Å². The van der Waals surface area contributed by atoms with Gasteiger partial charge in [0, 0.05) is 18.1 Å². The molecule has 0 unspecified atom stereocenters. The van der Waals surface area contributed by atoms with Gasteiger partial charge in [-0.25, -0.2) is 4.98 Å². The Morgan fingerprint density at radius 2 is 2.10 bits per heavy atom. The number of hydrogen-bond acceptors (Lipinski definition) is 4. The predicted molar refractivity (Wildman–Crippen MR) is 87.0 cm³/mol. The molecule has 0 saturated carbocycles. The molecular weight excluding hydrogens is 262 g/mol. The Balaban J connectivity index is 1.80. The number of aromatic nitrogens is 1. The minimum Gasteiger partial charge on any atom is -0.497 e. The summed E-state index contributed by atoms with van der Waals surface area (Å²) in [5.74, 6) is 1.85. The van der Waals surface area contributed by atoms with E-state index in [0.29, 0.717) is 5.41 Å². The number of nitrogens with zero attached hydrogens (tertiary/aromatic N) is 1. The van der Waals surface area contributed by atoms with Crippen LogP contribution < -0.4 is 15.4 Å². The zero-order chi connectivity index (χ0) is 14.7. The number of piperidine rings is 1. The zero-order valence-electron chi connectivity index (χ0n) is 12.8. The molecule has 0 radical (unpaired) electrons. The molecule has 112 valence electrons. The van der Waals surface area contributed by atoms with Crippen LogP contribution in [0.25, 0.3) is 10.8 Å². The van der Waals surface area contributed by atoms with Crippen LogP contribution in [0, 0.1) is 5.41 Å². The Morgan fingerprint density at radius 3 is 2.86 bits per heavy atom. The number of pyridine rings is 1. The third-order valence-corrected chi connectivity index (χ3v) is 4.46. The number of anilines is 1. The monoisotopic (exact) mass is 285 g/mol. The van der Waals surface area contributed by atoms with Crippen LogP contribution in [0.1, 0.15) is 19.8 Å². The van der Waals surface area contributed by atoms with E-state index in [1.54, 1.807) is 7.11 Å². The van der Waals surface area contributed by atoms with Gasteiger partial charge >= 0.3 is 0 Å². The second kappa shape index (κ2) is 5.90. The summed E-state index contributed by atoms with van der Waals surface area (Å²) in [5.41, 5.74) is 0.349. The van der Waals surface area contributed by atoms with Crippen LogP contribution in [0.15, 0.2) is 30.5 Å². The molecule has 2 aromatic rings. The minimum atomic E-state index is 0.349. The smallest absolute Gasteiger partial charge is 0.133 e. The van der Waals surface area contributed by atoms with Crippen LogP contribution in [0.3, 0.4) is 0 Å². The number of rotatable bonds is 4. The zero-order valence-corrected chi connectivity index (χ0v) is 12.8. The first kappa shape index (κ1) is 14.1. The summed E-state index contributed by atoms with van der Waals surface area (Å²) in [4.78, 5) is 4.51. The molecule has 0 bridgehead atoms. The van der Waals surface area contributed by atoms with E-state index in [0.717, 1.165) is 42.0 Å². The number of fused-ring (bicyclic) bond motifs is 1. The molecule has 1 fully saturated rings. The SMILES string of the molecule is COc1ccc2c(NCC3(C)CCNCC3)nccc2c1. The van der Waals surface area contributed by atoms with Crippen molar-refractivity contribution in [3.63, 3.8) is 0 Å². The van der Waals surface area contributed by atoms with Crippen LogP contribution in [-0.4, -0.2) is 31.7 Å². The Labute approximate surface area is 125 Å².